The van der Waals surface area contributed by atoms with E-state index >= 15 is 0 Å². The summed E-state index contributed by atoms with van der Waals surface area (Å²) in [5, 5.41) is 13.1. The second kappa shape index (κ2) is 5.25. The summed E-state index contributed by atoms with van der Waals surface area (Å²) < 4.78 is 0. The van der Waals surface area contributed by atoms with E-state index in [9.17, 15) is 0 Å². The van der Waals surface area contributed by atoms with Gasteiger partial charge in [0.2, 0.25) is 0 Å². The number of benzene rings is 4. The molecular formula is C21H16N2. The number of hydrogen-bond donors (Lipinski definition) is 2. The van der Waals surface area contributed by atoms with Crippen LogP contribution in [-0.4, -0.2) is 5.71 Å². The molecule has 0 saturated heterocycles. The lowest BCUT2D eigenvalue weighted by molar-refractivity contribution is 1.48. The number of nitrogens with one attached hydrogen (secondary N) is 1. The molecule has 0 heterocycles. The number of anilines is 1. The van der Waals surface area contributed by atoms with E-state index in [1.165, 1.54) is 0 Å². The number of nitrogen functional groups attached to an aromatic ring is 1. The van der Waals surface area contributed by atoms with Crippen molar-refractivity contribution in [2.24, 2.45) is 0 Å². The van der Waals surface area contributed by atoms with Gasteiger partial charge in [0.1, 0.15) is 0 Å². The summed E-state index contributed by atoms with van der Waals surface area (Å²) in [5.41, 5.74) is 9.05. The molecule has 0 amide bonds. The summed E-state index contributed by atoms with van der Waals surface area (Å²) in [6.07, 6.45) is 0. The molecule has 0 unspecified atom stereocenters. The highest BCUT2D eigenvalue weighted by Gasteiger charge is 2.14. The summed E-state index contributed by atoms with van der Waals surface area (Å²) in [6, 6.07) is 26.2. The first-order chi connectivity index (χ1) is 11.3. The maximum Gasteiger partial charge on any atom is 0.0717 e. The monoisotopic (exact) mass is 296 g/mol. The number of nitrogens with two attached hydrogens (primary N) is 1. The van der Waals surface area contributed by atoms with Crippen molar-refractivity contribution in [2.75, 3.05) is 5.73 Å². The molecule has 3 N–H and O–H groups in total. The third kappa shape index (κ3) is 2.16. The Kier molecular flexibility index (Phi) is 3.09. The molecule has 0 aliphatic carbocycles. The molecule has 2 nitrogen and oxygen atoms in total. The molecule has 0 radical (unpaired) electrons. The van der Waals surface area contributed by atoms with E-state index in [4.69, 9.17) is 11.1 Å². The molecule has 0 aromatic heterocycles. The minimum atomic E-state index is 0.469. The minimum absolute atomic E-state index is 0.469. The van der Waals surface area contributed by atoms with Gasteiger partial charge < -0.3 is 5.73 Å². The Morgan fingerprint density at radius 2 is 1.26 bits per heavy atom. The fourth-order valence-electron chi connectivity index (χ4n) is 3.15. The van der Waals surface area contributed by atoms with Gasteiger partial charge in [-0.3, -0.25) is 5.41 Å². The lowest BCUT2D eigenvalue weighted by atomic mass is 9.92. The Balaban J connectivity index is 2.01. The number of hydrogen-bond acceptors (Lipinski definition) is 2. The molecule has 110 valence electrons. The van der Waals surface area contributed by atoms with Gasteiger partial charge in [-0.2, -0.15) is 0 Å². The van der Waals surface area contributed by atoms with Crippen LogP contribution < -0.4 is 5.73 Å². The van der Waals surface area contributed by atoms with Crippen LogP contribution in [0, 0.1) is 5.41 Å². The van der Waals surface area contributed by atoms with Gasteiger partial charge in [0, 0.05) is 16.8 Å². The molecular weight excluding hydrogens is 280 g/mol. The Morgan fingerprint density at radius 3 is 2.04 bits per heavy atom. The molecule has 0 fully saturated rings. The summed E-state index contributed by atoms with van der Waals surface area (Å²) in [7, 11) is 0. The summed E-state index contributed by atoms with van der Waals surface area (Å²) in [5.74, 6) is 0. The molecule has 0 atom stereocenters. The van der Waals surface area contributed by atoms with Crippen molar-refractivity contribution in [1.29, 1.82) is 5.41 Å². The van der Waals surface area contributed by atoms with Crippen LogP contribution in [0.2, 0.25) is 0 Å². The highest BCUT2D eigenvalue weighted by molar-refractivity contribution is 6.25. The molecule has 4 aromatic rings. The van der Waals surface area contributed by atoms with Crippen LogP contribution in [-0.2, 0) is 0 Å². The van der Waals surface area contributed by atoms with Crippen LogP contribution >= 0.6 is 0 Å². The fourth-order valence-corrected chi connectivity index (χ4v) is 3.15. The predicted octanol–water partition coefficient (Wildman–Crippen LogP) is 4.99. The summed E-state index contributed by atoms with van der Waals surface area (Å²) >= 11 is 0. The first-order valence-corrected chi connectivity index (χ1v) is 7.60. The van der Waals surface area contributed by atoms with Gasteiger partial charge in [-0.15, -0.1) is 0 Å². The zero-order chi connectivity index (χ0) is 15.8. The topological polar surface area (TPSA) is 49.9 Å². The van der Waals surface area contributed by atoms with Crippen LogP contribution in [0.25, 0.3) is 21.5 Å². The van der Waals surface area contributed by atoms with Crippen molar-refractivity contribution >= 4 is 32.9 Å². The maximum absolute atomic E-state index is 8.80. The van der Waals surface area contributed by atoms with E-state index < -0.39 is 0 Å². The first-order valence-electron chi connectivity index (χ1n) is 7.60. The minimum Gasteiger partial charge on any atom is -0.398 e. The normalized spacial score (nSPS) is 11.0. The molecule has 0 spiro atoms. The van der Waals surface area contributed by atoms with Crippen molar-refractivity contribution in [2.45, 2.75) is 0 Å². The average Bonchev–Trinajstić information content (AvgIpc) is 2.60. The molecule has 2 heteroatoms. The van der Waals surface area contributed by atoms with Crippen LogP contribution in [0.3, 0.4) is 0 Å². The third-order valence-electron chi connectivity index (χ3n) is 4.27. The lowest BCUT2D eigenvalue weighted by Gasteiger charge is -2.13. The molecule has 0 aliphatic rings. The molecule has 23 heavy (non-hydrogen) atoms. The fraction of sp³-hybridized carbons (Fsp3) is 0. The van der Waals surface area contributed by atoms with Crippen molar-refractivity contribution in [3.63, 3.8) is 0 Å². The zero-order valence-corrected chi connectivity index (χ0v) is 12.6. The van der Waals surface area contributed by atoms with Gasteiger partial charge in [0.15, 0.2) is 0 Å². The zero-order valence-electron chi connectivity index (χ0n) is 12.6. The van der Waals surface area contributed by atoms with E-state index in [0.717, 1.165) is 32.7 Å². The SMILES string of the molecule is N=C(c1cccc2ccccc12)c1c(N)ccc2ccccc12. The summed E-state index contributed by atoms with van der Waals surface area (Å²) in [4.78, 5) is 0. The van der Waals surface area contributed by atoms with Crippen LogP contribution in [0.5, 0.6) is 0 Å². The number of fused-ring (bicyclic) bond motifs is 2. The summed E-state index contributed by atoms with van der Waals surface area (Å²) in [6.45, 7) is 0. The molecule has 4 aromatic carbocycles. The molecule has 0 saturated carbocycles. The predicted molar refractivity (Wildman–Crippen MR) is 98.2 cm³/mol. The van der Waals surface area contributed by atoms with E-state index in [-0.39, 0.29) is 0 Å². The highest BCUT2D eigenvalue weighted by Crippen LogP contribution is 2.29. The second-order valence-corrected chi connectivity index (χ2v) is 5.65. The molecule has 0 aliphatic heterocycles. The Morgan fingerprint density at radius 1 is 0.652 bits per heavy atom. The lowest BCUT2D eigenvalue weighted by Crippen LogP contribution is -2.07. The standard InChI is InChI=1S/C21H16N2/c22-19-13-12-15-7-2-4-10-17(15)20(19)21(23)18-11-5-8-14-6-1-3-9-16(14)18/h1-13,23H,22H2. The van der Waals surface area contributed by atoms with E-state index in [1.54, 1.807) is 0 Å². The van der Waals surface area contributed by atoms with E-state index in [0.29, 0.717) is 11.4 Å². The van der Waals surface area contributed by atoms with E-state index in [2.05, 4.69) is 24.3 Å². The van der Waals surface area contributed by atoms with Gasteiger partial charge in [-0.05, 0) is 27.6 Å². The quantitative estimate of drug-likeness (QED) is 0.397. The van der Waals surface area contributed by atoms with Gasteiger partial charge in [0.25, 0.3) is 0 Å². The smallest absolute Gasteiger partial charge is 0.0717 e. The highest BCUT2D eigenvalue weighted by atomic mass is 14.6. The second-order valence-electron chi connectivity index (χ2n) is 5.65. The Bertz CT molecular complexity index is 1040. The molecule has 4 rings (SSSR count). The van der Waals surface area contributed by atoms with E-state index in [1.807, 2.05) is 54.6 Å². The molecule has 0 bridgehead atoms. The van der Waals surface area contributed by atoms with Crippen molar-refractivity contribution in [1.82, 2.24) is 0 Å². The number of rotatable bonds is 2. The van der Waals surface area contributed by atoms with Crippen LogP contribution in [0.1, 0.15) is 11.1 Å². The van der Waals surface area contributed by atoms with Crippen LogP contribution in [0.4, 0.5) is 5.69 Å². The maximum atomic E-state index is 8.80. The van der Waals surface area contributed by atoms with Gasteiger partial charge in [-0.25, -0.2) is 0 Å². The van der Waals surface area contributed by atoms with Crippen molar-refractivity contribution in [3.05, 3.63) is 90.0 Å². The Hall–Kier alpha value is -3.13. The van der Waals surface area contributed by atoms with Gasteiger partial charge in [-0.1, -0.05) is 72.8 Å². The van der Waals surface area contributed by atoms with Crippen molar-refractivity contribution < 1.29 is 0 Å². The first kappa shape index (κ1) is 13.5. The average molecular weight is 296 g/mol. The Labute approximate surface area is 134 Å². The van der Waals surface area contributed by atoms with Gasteiger partial charge in [0.05, 0.1) is 5.71 Å². The van der Waals surface area contributed by atoms with Crippen LogP contribution in [0.15, 0.2) is 78.9 Å². The largest absolute Gasteiger partial charge is 0.398 e. The van der Waals surface area contributed by atoms with Crippen molar-refractivity contribution in [3.8, 4) is 0 Å². The van der Waals surface area contributed by atoms with Gasteiger partial charge >= 0.3 is 0 Å². The third-order valence-corrected chi connectivity index (χ3v) is 4.27.